The average molecular weight is 531 g/mol. The van der Waals surface area contributed by atoms with Gasteiger partial charge in [-0.1, -0.05) is 62.9 Å². The fraction of sp³-hybridized carbons (Fsp3) is 0.133. The molecule has 0 aliphatic heterocycles. The number of nitro benzene ring substituents is 1. The number of hydrogen-bond donors (Lipinski definition) is 3. The summed E-state index contributed by atoms with van der Waals surface area (Å²) in [6, 6.07) is 13.6. The second kappa shape index (κ2) is 10.1. The zero-order chi connectivity index (χ0) is 20.0. The van der Waals surface area contributed by atoms with Gasteiger partial charge in [-0.25, -0.2) is 4.72 Å². The van der Waals surface area contributed by atoms with E-state index in [1.165, 1.54) is 6.07 Å². The van der Waals surface area contributed by atoms with Crippen LogP contribution < -0.4 is 15.4 Å². The van der Waals surface area contributed by atoms with Crippen molar-refractivity contribution >= 4 is 91.4 Å². The Hall–Kier alpha value is -0.810. The minimum absolute atomic E-state index is 0.0615. The number of anilines is 1. The first-order chi connectivity index (χ1) is 12.7. The molecular formula is C15H12BrCl3N4O2S2. The molecule has 0 aliphatic rings. The Balaban J connectivity index is 2.04. The molecular weight excluding hydrogens is 519 g/mol. The third-order valence-corrected chi connectivity index (χ3v) is 5.38. The lowest BCUT2D eigenvalue weighted by Crippen LogP contribution is -2.52. The van der Waals surface area contributed by atoms with Gasteiger partial charge >= 0.3 is 0 Å². The van der Waals surface area contributed by atoms with E-state index in [1.54, 1.807) is 18.2 Å². The fourth-order valence-corrected chi connectivity index (χ4v) is 3.72. The van der Waals surface area contributed by atoms with E-state index in [-0.39, 0.29) is 10.8 Å². The molecule has 6 nitrogen and oxygen atoms in total. The highest BCUT2D eigenvalue weighted by molar-refractivity contribution is 9.10. The predicted molar refractivity (Wildman–Crippen MR) is 120 cm³/mol. The Morgan fingerprint density at radius 2 is 1.81 bits per heavy atom. The molecule has 0 heterocycles. The zero-order valence-corrected chi connectivity index (χ0v) is 18.8. The van der Waals surface area contributed by atoms with Crippen LogP contribution in [0.1, 0.15) is 0 Å². The van der Waals surface area contributed by atoms with Gasteiger partial charge in [-0.3, -0.25) is 10.1 Å². The molecule has 0 spiro atoms. The summed E-state index contributed by atoms with van der Waals surface area (Å²) in [6.45, 7) is 0. The molecule has 0 aromatic heterocycles. The van der Waals surface area contributed by atoms with Gasteiger partial charge in [-0.05, 0) is 54.5 Å². The Kier molecular flexibility index (Phi) is 8.41. The van der Waals surface area contributed by atoms with Gasteiger partial charge in [0.05, 0.1) is 4.92 Å². The first kappa shape index (κ1) is 22.5. The molecule has 27 heavy (non-hydrogen) atoms. The molecule has 144 valence electrons. The number of para-hydroxylation sites is 1. The monoisotopic (exact) mass is 528 g/mol. The van der Waals surface area contributed by atoms with E-state index in [1.807, 2.05) is 24.3 Å². The summed E-state index contributed by atoms with van der Waals surface area (Å²) in [7, 11) is 0. The smallest absolute Gasteiger partial charge is 0.284 e. The lowest BCUT2D eigenvalue weighted by Gasteiger charge is -2.27. The van der Waals surface area contributed by atoms with E-state index in [4.69, 9.17) is 47.0 Å². The summed E-state index contributed by atoms with van der Waals surface area (Å²) in [5.41, 5.74) is 0.679. The van der Waals surface area contributed by atoms with Crippen LogP contribution in [-0.2, 0) is 0 Å². The topological polar surface area (TPSA) is 79.2 Å². The van der Waals surface area contributed by atoms with E-state index in [2.05, 4.69) is 31.3 Å². The molecule has 0 bridgehead atoms. The second-order valence-corrected chi connectivity index (χ2v) is 9.60. The quantitative estimate of drug-likeness (QED) is 0.111. The standard InChI is InChI=1S/C15H12BrCl3N4O2S2/c16-9-5-7-10(8-6-9)20-14(26)21-13(15(17,18)19)22-27-12-4-2-1-3-11(12)23(24)25/h1-8,13,22H,(H2,20,21,26)/t13-/m0/s1. The minimum Gasteiger partial charge on any atom is -0.343 e. The molecule has 3 N–H and O–H groups in total. The van der Waals surface area contributed by atoms with Crippen LogP contribution >= 0.6 is 74.9 Å². The molecule has 0 saturated carbocycles. The highest BCUT2D eigenvalue weighted by Crippen LogP contribution is 2.33. The minimum atomic E-state index is -1.78. The van der Waals surface area contributed by atoms with Gasteiger partial charge in [0.25, 0.3) is 5.69 Å². The molecule has 0 saturated heterocycles. The average Bonchev–Trinajstić information content (AvgIpc) is 2.59. The Morgan fingerprint density at radius 1 is 1.19 bits per heavy atom. The van der Waals surface area contributed by atoms with Gasteiger partial charge in [-0.2, -0.15) is 0 Å². The first-order valence-corrected chi connectivity index (χ1v) is 10.4. The van der Waals surface area contributed by atoms with Crippen molar-refractivity contribution in [1.29, 1.82) is 0 Å². The van der Waals surface area contributed by atoms with Crippen molar-refractivity contribution in [2.45, 2.75) is 14.9 Å². The summed E-state index contributed by atoms with van der Waals surface area (Å²) < 4.78 is 2.02. The zero-order valence-electron chi connectivity index (χ0n) is 13.3. The first-order valence-electron chi connectivity index (χ1n) is 7.22. The Morgan fingerprint density at radius 3 is 2.41 bits per heavy atom. The van der Waals surface area contributed by atoms with Crippen molar-refractivity contribution in [3.8, 4) is 0 Å². The highest BCUT2D eigenvalue weighted by Gasteiger charge is 2.34. The number of thiocarbonyl (C=S) groups is 1. The molecule has 1 atom stereocenters. The number of halogens is 4. The number of nitro groups is 1. The molecule has 2 aromatic rings. The normalized spacial score (nSPS) is 12.3. The molecule has 0 fully saturated rings. The summed E-state index contributed by atoms with van der Waals surface area (Å²) in [4.78, 5) is 11.0. The van der Waals surface area contributed by atoms with Gasteiger partial charge in [0.2, 0.25) is 3.79 Å². The van der Waals surface area contributed by atoms with Crippen LogP contribution in [0, 0.1) is 10.1 Å². The van der Waals surface area contributed by atoms with E-state index in [0.717, 1.165) is 22.1 Å². The van der Waals surface area contributed by atoms with Crippen molar-refractivity contribution in [3.63, 3.8) is 0 Å². The molecule has 0 radical (unpaired) electrons. The van der Waals surface area contributed by atoms with Crippen molar-refractivity contribution in [3.05, 3.63) is 63.1 Å². The number of benzene rings is 2. The van der Waals surface area contributed by atoms with Gasteiger partial charge in [0, 0.05) is 16.2 Å². The lowest BCUT2D eigenvalue weighted by atomic mass is 10.3. The van der Waals surface area contributed by atoms with E-state index < -0.39 is 14.9 Å². The number of rotatable bonds is 6. The molecule has 12 heteroatoms. The number of alkyl halides is 3. The van der Waals surface area contributed by atoms with Crippen LogP contribution in [0.2, 0.25) is 0 Å². The SMILES string of the molecule is O=[N+]([O-])c1ccccc1SN[C@H](NC(=S)Nc1ccc(Br)cc1)C(Cl)(Cl)Cl. The predicted octanol–water partition coefficient (Wildman–Crippen LogP) is 5.64. The van der Waals surface area contributed by atoms with Crippen LogP contribution in [0.3, 0.4) is 0 Å². The number of nitrogens with zero attached hydrogens (tertiary/aromatic N) is 1. The largest absolute Gasteiger partial charge is 0.343 e. The molecule has 0 unspecified atom stereocenters. The van der Waals surface area contributed by atoms with E-state index >= 15 is 0 Å². The molecule has 0 aliphatic carbocycles. The summed E-state index contributed by atoms with van der Waals surface area (Å²) in [5, 5.41) is 17.1. The maximum absolute atomic E-state index is 11.1. The molecule has 2 aromatic carbocycles. The Labute approximate surface area is 188 Å². The Bertz CT molecular complexity index is 821. The van der Waals surface area contributed by atoms with Crippen molar-refractivity contribution < 1.29 is 4.92 Å². The summed E-state index contributed by atoms with van der Waals surface area (Å²) in [5.74, 6) is 0. The lowest BCUT2D eigenvalue weighted by molar-refractivity contribution is -0.387. The number of hydrogen-bond acceptors (Lipinski definition) is 5. The van der Waals surface area contributed by atoms with Crippen LogP contribution in [0.5, 0.6) is 0 Å². The van der Waals surface area contributed by atoms with Crippen LogP contribution in [0.25, 0.3) is 0 Å². The van der Waals surface area contributed by atoms with E-state index in [9.17, 15) is 10.1 Å². The van der Waals surface area contributed by atoms with Crippen molar-refractivity contribution in [1.82, 2.24) is 10.0 Å². The maximum atomic E-state index is 11.1. The molecule has 0 amide bonds. The van der Waals surface area contributed by atoms with Gasteiger partial charge < -0.3 is 10.6 Å². The molecule has 2 rings (SSSR count). The third-order valence-electron chi connectivity index (χ3n) is 3.05. The summed E-state index contributed by atoms with van der Waals surface area (Å²) in [6.07, 6.45) is -0.928. The maximum Gasteiger partial charge on any atom is 0.284 e. The highest BCUT2D eigenvalue weighted by atomic mass is 79.9. The van der Waals surface area contributed by atoms with Crippen LogP contribution in [-0.4, -0.2) is 20.0 Å². The van der Waals surface area contributed by atoms with Gasteiger partial charge in [-0.15, -0.1) is 0 Å². The van der Waals surface area contributed by atoms with Crippen molar-refractivity contribution in [2.24, 2.45) is 0 Å². The van der Waals surface area contributed by atoms with E-state index in [0.29, 0.717) is 4.90 Å². The third kappa shape index (κ3) is 7.26. The van der Waals surface area contributed by atoms with Crippen LogP contribution in [0.15, 0.2) is 57.9 Å². The second-order valence-electron chi connectivity index (χ2n) is 5.02. The van der Waals surface area contributed by atoms with Gasteiger partial charge in [0.1, 0.15) is 11.1 Å². The fourth-order valence-electron chi connectivity index (χ4n) is 1.83. The number of nitrogens with one attached hydrogen (secondary N) is 3. The summed E-state index contributed by atoms with van der Waals surface area (Å²) >= 11 is 27.6. The van der Waals surface area contributed by atoms with Gasteiger partial charge in [0.15, 0.2) is 5.11 Å². The van der Waals surface area contributed by atoms with Crippen molar-refractivity contribution in [2.75, 3.05) is 5.32 Å². The van der Waals surface area contributed by atoms with Crippen LogP contribution in [0.4, 0.5) is 11.4 Å².